The summed E-state index contributed by atoms with van der Waals surface area (Å²) in [4.78, 5) is 10.6. The van der Waals surface area contributed by atoms with E-state index in [1.54, 1.807) is 23.0 Å². The zero-order valence-corrected chi connectivity index (χ0v) is 16.5. The van der Waals surface area contributed by atoms with E-state index in [1.165, 1.54) is 83.5 Å². The Bertz CT molecular complexity index is 231. The molecular weight excluding hydrogens is 370 g/mol. The Balaban J connectivity index is 3.07. The van der Waals surface area contributed by atoms with Crippen LogP contribution in [0.3, 0.4) is 0 Å². The SMILES string of the molecule is CCCCCCCCCCCCCCC[CH]([Sb])CC(=O)O. The number of hydrogen-bond acceptors (Lipinski definition) is 1. The van der Waals surface area contributed by atoms with Gasteiger partial charge < -0.3 is 0 Å². The van der Waals surface area contributed by atoms with Gasteiger partial charge >= 0.3 is 120 Å². The molecule has 124 valence electrons. The van der Waals surface area contributed by atoms with Crippen LogP contribution in [0, 0.1) is 0 Å². The van der Waals surface area contributed by atoms with Crippen LogP contribution >= 0.6 is 0 Å². The first-order chi connectivity index (χ1) is 10.2. The van der Waals surface area contributed by atoms with Crippen molar-refractivity contribution in [1.82, 2.24) is 0 Å². The van der Waals surface area contributed by atoms with Crippen LogP contribution in [-0.4, -0.2) is 34.1 Å². The number of rotatable bonds is 16. The van der Waals surface area contributed by atoms with Crippen LogP contribution in [0.5, 0.6) is 0 Å². The van der Waals surface area contributed by atoms with E-state index in [2.05, 4.69) is 6.92 Å². The standard InChI is InChI=1S/C18H35O2.Sb/c1-2-3-4-5-6-7-8-9-10-11-12-13-14-15-16-17-18(19)20;/h16H,2-15,17H2,1H3,(H,19,20);. The summed E-state index contributed by atoms with van der Waals surface area (Å²) in [6.07, 6.45) is 19.3. The Hall–Kier alpha value is 0.288. The molecule has 0 aromatic rings. The Kier molecular flexibility index (Phi) is 16.9. The van der Waals surface area contributed by atoms with E-state index < -0.39 is 5.97 Å². The second kappa shape index (κ2) is 16.7. The number of carboxylic acid groups (broad SMARTS) is 1. The molecule has 0 aromatic carbocycles. The van der Waals surface area contributed by atoms with E-state index in [0.717, 1.165) is 6.42 Å². The van der Waals surface area contributed by atoms with Gasteiger partial charge in [0.2, 0.25) is 0 Å². The fraction of sp³-hybridized carbons (Fsp3) is 0.944. The van der Waals surface area contributed by atoms with Crippen molar-refractivity contribution in [3.63, 3.8) is 0 Å². The van der Waals surface area contributed by atoms with E-state index in [4.69, 9.17) is 5.11 Å². The van der Waals surface area contributed by atoms with Crippen molar-refractivity contribution in [3.05, 3.63) is 0 Å². The van der Waals surface area contributed by atoms with E-state index in [0.29, 0.717) is 10.3 Å². The van der Waals surface area contributed by atoms with Crippen LogP contribution in [0.2, 0.25) is 3.86 Å². The molecule has 0 spiro atoms. The second-order valence-electron chi connectivity index (χ2n) is 6.28. The Morgan fingerprint density at radius 1 is 0.810 bits per heavy atom. The Morgan fingerprint density at radius 3 is 1.57 bits per heavy atom. The predicted octanol–water partition coefficient (Wildman–Crippen LogP) is 5.90. The molecule has 0 aliphatic heterocycles. The van der Waals surface area contributed by atoms with Crippen molar-refractivity contribution in [2.75, 3.05) is 0 Å². The molecule has 0 amide bonds. The summed E-state index contributed by atoms with van der Waals surface area (Å²) in [5, 5.41) is 8.70. The quantitative estimate of drug-likeness (QED) is 0.257. The van der Waals surface area contributed by atoms with Gasteiger partial charge in [0.15, 0.2) is 0 Å². The third-order valence-electron chi connectivity index (χ3n) is 4.05. The summed E-state index contributed by atoms with van der Waals surface area (Å²) < 4.78 is 0.393. The zero-order valence-electron chi connectivity index (χ0n) is 14.0. The van der Waals surface area contributed by atoms with Crippen molar-refractivity contribution in [1.29, 1.82) is 0 Å². The number of aliphatic carboxylic acids is 1. The van der Waals surface area contributed by atoms with Gasteiger partial charge in [-0.25, -0.2) is 0 Å². The van der Waals surface area contributed by atoms with E-state index in [-0.39, 0.29) is 0 Å². The molecular formula is C18H35O2Sb. The van der Waals surface area contributed by atoms with Gasteiger partial charge in [0, 0.05) is 0 Å². The van der Waals surface area contributed by atoms with Crippen LogP contribution in [0.4, 0.5) is 0 Å². The molecule has 1 atom stereocenters. The van der Waals surface area contributed by atoms with Gasteiger partial charge in [0.25, 0.3) is 0 Å². The average Bonchev–Trinajstić information content (AvgIpc) is 2.43. The summed E-state index contributed by atoms with van der Waals surface area (Å²) in [6.45, 7) is 2.27. The molecule has 0 saturated carbocycles. The van der Waals surface area contributed by atoms with Crippen LogP contribution < -0.4 is 0 Å². The average molecular weight is 405 g/mol. The van der Waals surface area contributed by atoms with E-state index >= 15 is 0 Å². The van der Waals surface area contributed by atoms with E-state index in [9.17, 15) is 4.79 Å². The van der Waals surface area contributed by atoms with Gasteiger partial charge in [-0.3, -0.25) is 0 Å². The predicted molar refractivity (Wildman–Crippen MR) is 92.1 cm³/mol. The van der Waals surface area contributed by atoms with Gasteiger partial charge in [-0.1, -0.05) is 26.2 Å². The Morgan fingerprint density at radius 2 is 1.19 bits per heavy atom. The first-order valence-electron chi connectivity index (χ1n) is 9.06. The number of unbranched alkanes of at least 4 members (excludes halogenated alkanes) is 12. The molecule has 1 unspecified atom stereocenters. The molecule has 1 N–H and O–H groups in total. The van der Waals surface area contributed by atoms with Crippen LogP contribution in [0.1, 0.15) is 103 Å². The van der Waals surface area contributed by atoms with Crippen LogP contribution in [0.15, 0.2) is 0 Å². The Labute approximate surface area is 146 Å². The molecule has 0 fully saturated rings. The molecule has 0 saturated heterocycles. The normalized spacial score (nSPS) is 12.5. The molecule has 0 rings (SSSR count). The fourth-order valence-corrected chi connectivity index (χ4v) is 3.67. The maximum atomic E-state index is 10.6. The van der Waals surface area contributed by atoms with Crippen molar-refractivity contribution >= 4 is 29.0 Å². The monoisotopic (exact) mass is 404 g/mol. The zero-order chi connectivity index (χ0) is 15.8. The third kappa shape index (κ3) is 18.2. The summed E-state index contributed by atoms with van der Waals surface area (Å²) in [6, 6.07) is 0. The number of carboxylic acids is 1. The summed E-state index contributed by atoms with van der Waals surface area (Å²) in [5.41, 5.74) is 0. The molecule has 2 nitrogen and oxygen atoms in total. The summed E-state index contributed by atoms with van der Waals surface area (Å²) in [5.74, 6) is -0.643. The number of carbonyl (C=O) groups is 1. The summed E-state index contributed by atoms with van der Waals surface area (Å²) >= 11 is 1.68. The molecule has 21 heavy (non-hydrogen) atoms. The van der Waals surface area contributed by atoms with Crippen molar-refractivity contribution in [2.45, 2.75) is 107 Å². The third-order valence-corrected chi connectivity index (χ3v) is 5.31. The number of hydrogen-bond donors (Lipinski definition) is 1. The molecule has 0 aliphatic carbocycles. The maximum absolute atomic E-state index is 10.6. The first-order valence-corrected chi connectivity index (χ1v) is 10.5. The van der Waals surface area contributed by atoms with Gasteiger partial charge in [-0.15, -0.1) is 0 Å². The molecule has 0 bridgehead atoms. The first kappa shape index (κ1) is 21.3. The minimum atomic E-state index is -0.643. The van der Waals surface area contributed by atoms with Gasteiger partial charge in [0.05, 0.1) is 0 Å². The van der Waals surface area contributed by atoms with Crippen molar-refractivity contribution in [2.24, 2.45) is 0 Å². The van der Waals surface area contributed by atoms with E-state index in [1.807, 2.05) is 0 Å². The molecule has 2 radical (unpaired) electrons. The molecule has 3 heteroatoms. The van der Waals surface area contributed by atoms with Gasteiger partial charge in [-0.05, 0) is 0 Å². The van der Waals surface area contributed by atoms with Crippen molar-refractivity contribution in [3.8, 4) is 0 Å². The molecule has 0 aliphatic rings. The van der Waals surface area contributed by atoms with Crippen molar-refractivity contribution < 1.29 is 9.90 Å². The molecule has 0 aromatic heterocycles. The van der Waals surface area contributed by atoms with Gasteiger partial charge in [-0.2, -0.15) is 0 Å². The fourth-order valence-electron chi connectivity index (χ4n) is 2.70. The molecule has 0 heterocycles. The van der Waals surface area contributed by atoms with Crippen LogP contribution in [0.25, 0.3) is 0 Å². The minimum absolute atomic E-state index is 0.354. The summed E-state index contributed by atoms with van der Waals surface area (Å²) in [7, 11) is 0. The second-order valence-corrected chi connectivity index (χ2v) is 8.37. The van der Waals surface area contributed by atoms with Crippen LogP contribution in [-0.2, 0) is 4.79 Å². The van der Waals surface area contributed by atoms with Gasteiger partial charge in [0.1, 0.15) is 0 Å². The topological polar surface area (TPSA) is 37.3 Å².